The zero-order valence-electron chi connectivity index (χ0n) is 7.72. The van der Waals surface area contributed by atoms with Gasteiger partial charge in [-0.05, 0) is 5.22 Å². The van der Waals surface area contributed by atoms with E-state index in [9.17, 15) is 5.21 Å². The number of hydroxylamine groups is 2. The Hall–Kier alpha value is -2.44. The molecule has 0 atom stereocenters. The number of rotatable bonds is 2. The van der Waals surface area contributed by atoms with Gasteiger partial charge >= 0.3 is 0 Å². The first-order valence-electron chi connectivity index (χ1n) is 3.59. The summed E-state index contributed by atoms with van der Waals surface area (Å²) in [5.74, 6) is 16.0. The Morgan fingerprint density at radius 3 is 2.88 bits per heavy atom. The third-order valence-corrected chi connectivity index (χ3v) is 1.29. The molecule has 0 radical (unpaired) electrons. The molecule has 0 bridgehead atoms. The van der Waals surface area contributed by atoms with Crippen LogP contribution >= 0.6 is 0 Å². The normalized spacial score (nSPS) is 15.4. The molecule has 0 aliphatic carbocycles. The van der Waals surface area contributed by atoms with Crippen LogP contribution in [0.4, 0.5) is 0 Å². The minimum absolute atomic E-state index is 0.199. The first kappa shape index (κ1) is 11.6. The number of hydrogen-bond donors (Lipinski definition) is 5. The van der Waals surface area contributed by atoms with E-state index in [-0.39, 0.29) is 11.1 Å². The lowest BCUT2D eigenvalue weighted by Gasteiger charge is -2.23. The zero-order chi connectivity index (χ0) is 12.1. The summed E-state index contributed by atoms with van der Waals surface area (Å²) in [6.07, 6.45) is 0. The second-order valence-corrected chi connectivity index (χ2v) is 2.17. The second-order valence-electron chi connectivity index (χ2n) is 2.17. The van der Waals surface area contributed by atoms with E-state index >= 15 is 0 Å². The van der Waals surface area contributed by atoms with Gasteiger partial charge in [-0.2, -0.15) is 0 Å². The predicted octanol–water partition coefficient (Wildman–Crippen LogP) is -2.93. The molecular formula is C3H8N11O2-. The van der Waals surface area contributed by atoms with Crippen LogP contribution in [0.25, 0.3) is 5.41 Å². The molecule has 88 valence electrons. The number of nitrogens with one attached hydrogen (secondary N) is 1. The lowest BCUT2D eigenvalue weighted by molar-refractivity contribution is -0.427. The van der Waals surface area contributed by atoms with Gasteiger partial charge < -0.3 is 11.3 Å². The number of nitrogens with zero attached hydrogens (tertiary/aromatic N) is 7. The Bertz CT molecular complexity index is 356. The number of hydrazone groups is 1. The molecule has 0 aromatic heterocycles. The summed E-state index contributed by atoms with van der Waals surface area (Å²) in [7, 11) is 0. The summed E-state index contributed by atoms with van der Waals surface area (Å²) >= 11 is 0. The third-order valence-electron chi connectivity index (χ3n) is 1.29. The molecule has 16 heavy (non-hydrogen) atoms. The van der Waals surface area contributed by atoms with Crippen molar-refractivity contribution in [3.8, 4) is 0 Å². The van der Waals surface area contributed by atoms with Crippen molar-refractivity contribution < 1.29 is 10.1 Å². The molecule has 0 aromatic carbocycles. The topological polar surface area (TPSA) is 189 Å². The fraction of sp³-hybridized carbons (Fsp3) is 0. The van der Waals surface area contributed by atoms with Gasteiger partial charge in [-0.1, -0.05) is 15.2 Å². The molecule has 0 fully saturated rings. The molecule has 1 aliphatic rings. The highest BCUT2D eigenvalue weighted by molar-refractivity contribution is 5.77. The van der Waals surface area contributed by atoms with E-state index in [1.807, 2.05) is 5.43 Å². The van der Waals surface area contributed by atoms with E-state index in [1.165, 1.54) is 5.87 Å². The summed E-state index contributed by atoms with van der Waals surface area (Å²) in [6, 6.07) is 0. The van der Waals surface area contributed by atoms with Crippen LogP contribution in [0, 0.1) is 0 Å². The number of hydrogen-bond acceptors (Lipinski definition) is 10. The van der Waals surface area contributed by atoms with E-state index in [4.69, 9.17) is 22.9 Å². The number of guanidine groups is 1. The van der Waals surface area contributed by atoms with Crippen LogP contribution in [-0.4, -0.2) is 32.7 Å². The quantitative estimate of drug-likeness (QED) is 0.143. The van der Waals surface area contributed by atoms with Gasteiger partial charge in [0.2, 0.25) is 5.82 Å². The first-order valence-corrected chi connectivity index (χ1v) is 3.59. The van der Waals surface area contributed by atoms with Crippen molar-refractivity contribution in [2.24, 2.45) is 33.0 Å². The predicted molar refractivity (Wildman–Crippen MR) is 48.3 cm³/mol. The second kappa shape index (κ2) is 4.87. The fourth-order valence-electron chi connectivity index (χ4n) is 0.633. The molecule has 0 amide bonds. The van der Waals surface area contributed by atoms with Crippen molar-refractivity contribution in [2.45, 2.75) is 0 Å². The minimum Gasteiger partial charge on any atom is -0.760 e. The highest BCUT2D eigenvalue weighted by Gasteiger charge is 2.25. The van der Waals surface area contributed by atoms with Gasteiger partial charge in [-0.25, -0.2) is 17.6 Å². The monoisotopic (exact) mass is 230 g/mol. The van der Waals surface area contributed by atoms with Crippen molar-refractivity contribution in [2.75, 3.05) is 0 Å². The molecule has 0 aromatic rings. The summed E-state index contributed by atoms with van der Waals surface area (Å²) in [5, 5.41) is 28.2. The lowest BCUT2D eigenvalue weighted by Crippen LogP contribution is -2.52. The standard InChI is InChI=1S/C3H8N11O2/c4-1-2-10-11-14(13(2)15)16-12(7)3(8-5)9-6/h15H,5-7H2,(H,8,9)/q-1. The van der Waals surface area contributed by atoms with E-state index in [1.54, 1.807) is 0 Å². The summed E-state index contributed by atoms with van der Waals surface area (Å²) < 4.78 is 0. The van der Waals surface area contributed by atoms with E-state index < -0.39 is 5.82 Å². The molecule has 13 nitrogen and oxygen atoms in total. The molecule has 0 saturated carbocycles. The van der Waals surface area contributed by atoms with Gasteiger partial charge in [0.1, 0.15) is 0 Å². The van der Waals surface area contributed by atoms with Crippen LogP contribution < -0.4 is 23.0 Å². The van der Waals surface area contributed by atoms with Gasteiger partial charge in [-0.15, -0.1) is 10.3 Å². The number of hydrazine groups is 3. The Morgan fingerprint density at radius 1 is 1.75 bits per heavy atom. The molecule has 1 rings (SSSR count). The van der Waals surface area contributed by atoms with Crippen LogP contribution in [0.2, 0.25) is 0 Å². The Labute approximate surface area is 88.3 Å². The van der Waals surface area contributed by atoms with Crippen LogP contribution in [0.15, 0.2) is 21.3 Å². The fourth-order valence-corrected chi connectivity index (χ4v) is 0.633. The van der Waals surface area contributed by atoms with Crippen LogP contribution in [0.1, 0.15) is 0 Å². The van der Waals surface area contributed by atoms with Crippen LogP contribution in [0.5, 0.6) is 0 Å². The van der Waals surface area contributed by atoms with Crippen LogP contribution in [-0.2, 0) is 4.94 Å². The third kappa shape index (κ3) is 2.14. The minimum atomic E-state index is -0.416. The molecular weight excluding hydrogens is 222 g/mol. The highest BCUT2D eigenvalue weighted by atomic mass is 16.9. The Balaban J connectivity index is 2.64. The van der Waals surface area contributed by atoms with Crippen molar-refractivity contribution in [1.29, 1.82) is 0 Å². The Morgan fingerprint density at radius 2 is 2.44 bits per heavy atom. The van der Waals surface area contributed by atoms with Gasteiger partial charge in [0.15, 0.2) is 0 Å². The van der Waals surface area contributed by atoms with Gasteiger partial charge in [0.05, 0.1) is 0 Å². The molecule has 1 aliphatic heterocycles. The first-order chi connectivity index (χ1) is 7.63. The molecule has 13 heteroatoms. The zero-order valence-corrected chi connectivity index (χ0v) is 7.72. The summed E-state index contributed by atoms with van der Waals surface area (Å²) in [4.78, 5) is 4.63. The molecule has 0 unspecified atom stereocenters. The van der Waals surface area contributed by atoms with E-state index in [2.05, 4.69) is 20.4 Å². The highest BCUT2D eigenvalue weighted by Crippen LogP contribution is 2.14. The smallest absolute Gasteiger partial charge is 0.272 e. The van der Waals surface area contributed by atoms with Crippen molar-refractivity contribution in [1.82, 2.24) is 21.1 Å². The average molecular weight is 230 g/mol. The van der Waals surface area contributed by atoms with Gasteiger partial charge in [0.25, 0.3) is 5.96 Å². The average Bonchev–Trinajstić information content (AvgIpc) is 2.62. The van der Waals surface area contributed by atoms with Crippen LogP contribution in [0.3, 0.4) is 0 Å². The largest absolute Gasteiger partial charge is 0.760 e. The summed E-state index contributed by atoms with van der Waals surface area (Å²) in [6.45, 7) is 0. The molecule has 1 heterocycles. The van der Waals surface area contributed by atoms with Crippen molar-refractivity contribution in [3.05, 3.63) is 11.2 Å². The van der Waals surface area contributed by atoms with E-state index in [0.717, 1.165) is 0 Å². The SMILES string of the molecule is [N-]=C=C1N=NN(ON(N)C(=NN)NN)N1O. The molecule has 0 saturated heterocycles. The number of nitrogens with two attached hydrogens (primary N) is 3. The maximum Gasteiger partial charge on any atom is 0.272 e. The maximum absolute atomic E-state index is 9.21. The molecule has 0 spiro atoms. The van der Waals surface area contributed by atoms with E-state index in [0.29, 0.717) is 10.5 Å². The lowest BCUT2D eigenvalue weighted by atomic mass is 10.8. The van der Waals surface area contributed by atoms with Crippen molar-refractivity contribution in [3.63, 3.8) is 0 Å². The molecule has 8 N–H and O–H groups in total. The maximum atomic E-state index is 9.21. The van der Waals surface area contributed by atoms with Crippen molar-refractivity contribution >= 4 is 11.8 Å². The Kier molecular flexibility index (Phi) is 3.54. The summed E-state index contributed by atoms with van der Waals surface area (Å²) in [5.41, 5.74) is 2.00. The van der Waals surface area contributed by atoms with Gasteiger partial charge in [-0.3, -0.25) is 10.6 Å². The van der Waals surface area contributed by atoms with Gasteiger partial charge in [0, 0.05) is 5.28 Å².